The molecule has 0 aromatic rings. The second-order valence-electron chi connectivity index (χ2n) is 2.89. The molecule has 6 nitrogen and oxygen atoms in total. The van der Waals surface area contributed by atoms with Crippen LogP contribution < -0.4 is 0 Å². The van der Waals surface area contributed by atoms with Crippen LogP contribution in [0.4, 0.5) is 0 Å². The molecule has 2 atom stereocenters. The Hall–Kier alpha value is -0.660. The van der Waals surface area contributed by atoms with E-state index >= 15 is 0 Å². The number of ether oxygens (including phenoxy) is 1. The summed E-state index contributed by atoms with van der Waals surface area (Å²) in [6, 6.07) is 0. The van der Waals surface area contributed by atoms with Gasteiger partial charge in [-0.2, -0.15) is 0 Å². The first kappa shape index (κ1) is 10.4. The van der Waals surface area contributed by atoms with E-state index in [1.165, 1.54) is 0 Å². The quantitative estimate of drug-likeness (QED) is 0.572. The molecule has 0 saturated carbocycles. The average molecular weight is 210 g/mol. The van der Waals surface area contributed by atoms with Crippen molar-refractivity contribution in [3.05, 3.63) is 0 Å². The number of carboxylic acid groups (broad SMARTS) is 1. The van der Waals surface area contributed by atoms with E-state index in [0.717, 1.165) is 0 Å². The molecule has 0 radical (unpaired) electrons. The Balaban J connectivity index is 2.49. The third kappa shape index (κ3) is 2.94. The van der Waals surface area contributed by atoms with E-state index in [9.17, 15) is 13.2 Å². The maximum atomic E-state index is 10.9. The van der Waals surface area contributed by atoms with Crippen LogP contribution in [0.15, 0.2) is 0 Å². The maximum Gasteiger partial charge on any atom is 0.329 e. The third-order valence-electron chi connectivity index (χ3n) is 1.69. The van der Waals surface area contributed by atoms with Gasteiger partial charge < -0.3 is 14.9 Å². The Morgan fingerprint density at radius 2 is 2.08 bits per heavy atom. The summed E-state index contributed by atoms with van der Waals surface area (Å²) in [6.45, 7) is -0.586. The number of aliphatic hydroxyl groups is 1. The molecule has 1 heterocycles. The Kier molecular flexibility index (Phi) is 2.89. The summed E-state index contributed by atoms with van der Waals surface area (Å²) in [4.78, 5) is 10.1. The lowest BCUT2D eigenvalue weighted by Gasteiger charge is -2.11. The molecular weight excluding hydrogens is 200 g/mol. The summed E-state index contributed by atoms with van der Waals surface area (Å²) >= 11 is 0. The van der Waals surface area contributed by atoms with Crippen molar-refractivity contribution in [3.8, 4) is 0 Å². The molecule has 0 aliphatic carbocycles. The number of carboxylic acids is 1. The van der Waals surface area contributed by atoms with Gasteiger partial charge in [-0.05, 0) is 0 Å². The molecule has 13 heavy (non-hydrogen) atoms. The number of hydrogen-bond donors (Lipinski definition) is 2. The number of hydrogen-bond acceptors (Lipinski definition) is 5. The van der Waals surface area contributed by atoms with Gasteiger partial charge in [0.05, 0.1) is 23.7 Å². The molecule has 1 fully saturated rings. The van der Waals surface area contributed by atoms with E-state index in [1.54, 1.807) is 0 Å². The fourth-order valence-electron chi connectivity index (χ4n) is 1.13. The average Bonchev–Trinajstić information content (AvgIpc) is 2.20. The molecule has 0 spiro atoms. The van der Waals surface area contributed by atoms with Gasteiger partial charge in [-0.3, -0.25) is 0 Å². The molecular formula is C6H10O6S. The van der Waals surface area contributed by atoms with Gasteiger partial charge in [0.15, 0.2) is 9.84 Å². The first-order valence-electron chi connectivity index (χ1n) is 3.62. The molecule has 0 aromatic carbocycles. The second kappa shape index (κ2) is 3.60. The smallest absolute Gasteiger partial charge is 0.329 e. The SMILES string of the molecule is O=C(O)COC1CS(=O)(=O)CC1O. The summed E-state index contributed by atoms with van der Waals surface area (Å²) in [5.74, 6) is -1.84. The highest BCUT2D eigenvalue weighted by Gasteiger charge is 2.37. The number of carbonyl (C=O) groups is 1. The Morgan fingerprint density at radius 3 is 2.46 bits per heavy atom. The molecule has 0 bridgehead atoms. The van der Waals surface area contributed by atoms with Gasteiger partial charge in [-0.1, -0.05) is 0 Å². The lowest BCUT2D eigenvalue weighted by atomic mass is 10.3. The highest BCUT2D eigenvalue weighted by atomic mass is 32.2. The zero-order valence-electron chi connectivity index (χ0n) is 6.71. The van der Waals surface area contributed by atoms with Crippen LogP contribution in [0.25, 0.3) is 0 Å². The van der Waals surface area contributed by atoms with Crippen molar-refractivity contribution in [3.63, 3.8) is 0 Å². The third-order valence-corrected chi connectivity index (χ3v) is 3.38. The summed E-state index contributed by atoms with van der Waals surface area (Å²) in [5.41, 5.74) is 0. The Morgan fingerprint density at radius 1 is 1.46 bits per heavy atom. The van der Waals surface area contributed by atoms with Crippen LogP contribution in [-0.4, -0.2) is 54.9 Å². The molecule has 7 heteroatoms. The normalized spacial score (nSPS) is 31.8. The van der Waals surface area contributed by atoms with Crippen molar-refractivity contribution in [2.75, 3.05) is 18.1 Å². The lowest BCUT2D eigenvalue weighted by molar-refractivity contribution is -0.145. The molecule has 1 aliphatic heterocycles. The molecule has 2 unspecified atom stereocenters. The van der Waals surface area contributed by atoms with E-state index in [-0.39, 0.29) is 11.5 Å². The zero-order chi connectivity index (χ0) is 10.1. The minimum absolute atomic E-state index is 0.304. The molecule has 1 saturated heterocycles. The van der Waals surface area contributed by atoms with Gasteiger partial charge in [0, 0.05) is 0 Å². The van der Waals surface area contributed by atoms with Gasteiger partial charge in [-0.15, -0.1) is 0 Å². The first-order valence-corrected chi connectivity index (χ1v) is 5.45. The molecule has 0 aromatic heterocycles. The van der Waals surface area contributed by atoms with Crippen molar-refractivity contribution in [2.45, 2.75) is 12.2 Å². The van der Waals surface area contributed by atoms with Gasteiger partial charge >= 0.3 is 5.97 Å². The van der Waals surface area contributed by atoms with Crippen molar-refractivity contribution in [1.82, 2.24) is 0 Å². The number of sulfone groups is 1. The predicted octanol–water partition coefficient (Wildman–Crippen LogP) is -1.75. The minimum Gasteiger partial charge on any atom is -0.480 e. The van der Waals surface area contributed by atoms with Crippen LogP contribution in [0, 0.1) is 0 Å². The van der Waals surface area contributed by atoms with E-state index in [2.05, 4.69) is 4.74 Å². The van der Waals surface area contributed by atoms with Crippen molar-refractivity contribution in [1.29, 1.82) is 0 Å². The van der Waals surface area contributed by atoms with Gasteiger partial charge in [0.25, 0.3) is 0 Å². The summed E-state index contributed by atoms with van der Waals surface area (Å²) in [6.07, 6.45) is -2.01. The lowest BCUT2D eigenvalue weighted by Crippen LogP contribution is -2.29. The minimum atomic E-state index is -3.26. The maximum absolute atomic E-state index is 10.9. The second-order valence-corrected chi connectivity index (χ2v) is 5.04. The molecule has 1 aliphatic rings. The van der Waals surface area contributed by atoms with Crippen LogP contribution in [0.3, 0.4) is 0 Å². The van der Waals surface area contributed by atoms with E-state index in [4.69, 9.17) is 10.2 Å². The highest BCUT2D eigenvalue weighted by molar-refractivity contribution is 7.91. The van der Waals surface area contributed by atoms with Gasteiger partial charge in [0.2, 0.25) is 0 Å². The van der Waals surface area contributed by atoms with Crippen molar-refractivity contribution >= 4 is 15.8 Å². The highest BCUT2D eigenvalue weighted by Crippen LogP contribution is 2.15. The molecule has 76 valence electrons. The number of rotatable bonds is 3. The summed E-state index contributed by atoms with van der Waals surface area (Å²) in [7, 11) is -3.26. The summed E-state index contributed by atoms with van der Waals surface area (Å²) < 4.78 is 26.5. The Labute approximate surface area is 75.0 Å². The van der Waals surface area contributed by atoms with Crippen molar-refractivity contribution < 1.29 is 28.2 Å². The van der Waals surface area contributed by atoms with Crippen LogP contribution in [0.5, 0.6) is 0 Å². The fourth-order valence-corrected chi connectivity index (χ4v) is 2.82. The molecule has 1 rings (SSSR count). The molecule has 0 amide bonds. The first-order chi connectivity index (χ1) is 5.91. The molecule has 2 N–H and O–H groups in total. The van der Waals surface area contributed by atoms with E-state index in [1.807, 2.05) is 0 Å². The standard InChI is InChI=1S/C6H10O6S/c7-4-2-13(10,11)3-5(4)12-1-6(8)9/h4-5,7H,1-3H2,(H,8,9). The number of aliphatic hydroxyl groups excluding tert-OH is 1. The van der Waals surface area contributed by atoms with Crippen LogP contribution in [-0.2, 0) is 19.4 Å². The summed E-state index contributed by atoms with van der Waals surface area (Å²) in [5, 5.41) is 17.4. The zero-order valence-corrected chi connectivity index (χ0v) is 7.53. The monoisotopic (exact) mass is 210 g/mol. The van der Waals surface area contributed by atoms with Gasteiger partial charge in [0.1, 0.15) is 6.61 Å². The largest absolute Gasteiger partial charge is 0.480 e. The van der Waals surface area contributed by atoms with Gasteiger partial charge in [-0.25, -0.2) is 13.2 Å². The van der Waals surface area contributed by atoms with E-state index in [0.29, 0.717) is 0 Å². The van der Waals surface area contributed by atoms with Crippen LogP contribution in [0.1, 0.15) is 0 Å². The fraction of sp³-hybridized carbons (Fsp3) is 0.833. The Bertz CT molecular complexity index is 294. The van der Waals surface area contributed by atoms with E-state index < -0.39 is 34.6 Å². The van der Waals surface area contributed by atoms with Crippen LogP contribution in [0.2, 0.25) is 0 Å². The topological polar surface area (TPSA) is 101 Å². The van der Waals surface area contributed by atoms with Crippen LogP contribution >= 0.6 is 0 Å². The van der Waals surface area contributed by atoms with Crippen molar-refractivity contribution in [2.24, 2.45) is 0 Å². The number of aliphatic carboxylic acids is 1. The predicted molar refractivity (Wildman–Crippen MR) is 42.0 cm³/mol.